The molecule has 3 aromatic rings. The lowest BCUT2D eigenvalue weighted by atomic mass is 10.1. The summed E-state index contributed by atoms with van der Waals surface area (Å²) in [5.74, 6) is 1.63. The van der Waals surface area contributed by atoms with E-state index in [0.29, 0.717) is 34.2 Å². The third kappa shape index (κ3) is 4.66. The Morgan fingerprint density at radius 3 is 2.84 bits per heavy atom. The van der Waals surface area contributed by atoms with E-state index in [-0.39, 0.29) is 36.0 Å². The molecule has 0 aliphatic carbocycles. The molecule has 1 aromatic carbocycles. The highest BCUT2D eigenvalue weighted by Crippen LogP contribution is 2.34. The Kier molecular flexibility index (Phi) is 6.13. The second-order valence-corrected chi connectivity index (χ2v) is 8.71. The van der Waals surface area contributed by atoms with Gasteiger partial charge in [0.25, 0.3) is 5.56 Å². The minimum Gasteiger partial charge on any atom is -0.454 e. The number of rotatable bonds is 7. The number of amides is 1. The molecule has 0 spiro atoms. The van der Waals surface area contributed by atoms with Crippen LogP contribution in [0.3, 0.4) is 0 Å². The Bertz CT molecular complexity index is 1180. The number of benzene rings is 1. The zero-order chi connectivity index (χ0) is 22.0. The number of nitrogens with zero attached hydrogens (tertiary/aromatic N) is 3. The van der Waals surface area contributed by atoms with Crippen molar-refractivity contribution in [2.45, 2.75) is 38.5 Å². The number of hydrogen-bond donors (Lipinski definition) is 1. The summed E-state index contributed by atoms with van der Waals surface area (Å²) < 4.78 is 12.4. The molecule has 0 saturated carbocycles. The minimum atomic E-state index is -0.202. The quantitative estimate of drug-likeness (QED) is 0.445. The fourth-order valence-corrected chi connectivity index (χ4v) is 4.16. The van der Waals surface area contributed by atoms with E-state index in [1.807, 2.05) is 39.0 Å². The lowest BCUT2D eigenvalue weighted by Gasteiger charge is -2.16. The predicted octanol–water partition coefficient (Wildman–Crippen LogP) is 3.15. The molecule has 1 aliphatic heterocycles. The van der Waals surface area contributed by atoms with Crippen molar-refractivity contribution in [2.75, 3.05) is 12.5 Å². The smallest absolute Gasteiger partial charge is 0.263 e. The highest BCUT2D eigenvalue weighted by atomic mass is 32.2. The van der Waals surface area contributed by atoms with Gasteiger partial charge in [0.1, 0.15) is 0 Å². The maximum atomic E-state index is 12.9. The van der Waals surface area contributed by atoms with Crippen LogP contribution in [0.1, 0.15) is 32.4 Å². The molecule has 1 aliphatic rings. The van der Waals surface area contributed by atoms with Gasteiger partial charge in [-0.05, 0) is 42.7 Å². The second-order valence-electron chi connectivity index (χ2n) is 7.77. The van der Waals surface area contributed by atoms with Gasteiger partial charge in [0.15, 0.2) is 22.3 Å². The number of ether oxygens (including phenoxy) is 2. The summed E-state index contributed by atoms with van der Waals surface area (Å²) in [6.07, 6.45) is 1.61. The fourth-order valence-electron chi connectivity index (χ4n) is 3.35. The van der Waals surface area contributed by atoms with Gasteiger partial charge >= 0.3 is 0 Å². The molecule has 31 heavy (non-hydrogen) atoms. The molecule has 1 atom stereocenters. The lowest BCUT2D eigenvalue weighted by Crippen LogP contribution is -2.29. The predicted molar refractivity (Wildman–Crippen MR) is 118 cm³/mol. The minimum absolute atomic E-state index is 0.136. The average molecular weight is 441 g/mol. The number of hydrogen-bond acceptors (Lipinski definition) is 7. The topological polar surface area (TPSA) is 95.3 Å². The molecule has 9 heteroatoms. The monoisotopic (exact) mass is 440 g/mol. The summed E-state index contributed by atoms with van der Waals surface area (Å²) in [7, 11) is 0. The van der Waals surface area contributed by atoms with Gasteiger partial charge in [-0.3, -0.25) is 14.2 Å². The Labute approximate surface area is 184 Å². The first-order valence-electron chi connectivity index (χ1n) is 10.1. The van der Waals surface area contributed by atoms with Crippen LogP contribution in [-0.2, 0) is 11.3 Å². The number of carbonyl (C=O) groups excluding carboxylic acids is 1. The van der Waals surface area contributed by atoms with Crippen LogP contribution >= 0.6 is 11.8 Å². The summed E-state index contributed by atoms with van der Waals surface area (Å²) in [6, 6.07) is 8.86. The molecule has 2 aromatic heterocycles. The number of carbonyl (C=O) groups is 1. The van der Waals surface area contributed by atoms with Crippen molar-refractivity contribution in [1.82, 2.24) is 19.9 Å². The average Bonchev–Trinajstić information content (AvgIpc) is 3.22. The van der Waals surface area contributed by atoms with Gasteiger partial charge in [-0.1, -0.05) is 31.7 Å². The Morgan fingerprint density at radius 1 is 1.23 bits per heavy atom. The standard InChI is InChI=1S/C22H24N4O4S/c1-13(2)10-26-21(28)16-5-4-8-23-20(16)25-22(26)31-11-19(27)24-14(3)15-6-7-17-18(9-15)30-12-29-17/h4-9,13-14H,10-12H2,1-3H3,(H,24,27). The Morgan fingerprint density at radius 2 is 2.03 bits per heavy atom. The summed E-state index contributed by atoms with van der Waals surface area (Å²) in [6.45, 7) is 6.71. The number of fused-ring (bicyclic) bond motifs is 2. The number of thioether (sulfide) groups is 1. The first kappa shape index (κ1) is 21.2. The van der Waals surface area contributed by atoms with Crippen molar-refractivity contribution >= 4 is 28.7 Å². The van der Waals surface area contributed by atoms with Gasteiger partial charge in [0.2, 0.25) is 12.7 Å². The highest BCUT2D eigenvalue weighted by molar-refractivity contribution is 7.99. The third-order valence-electron chi connectivity index (χ3n) is 4.85. The van der Waals surface area contributed by atoms with Gasteiger partial charge in [-0.15, -0.1) is 0 Å². The molecule has 1 amide bonds. The maximum Gasteiger partial charge on any atom is 0.263 e. The first-order chi connectivity index (χ1) is 14.9. The van der Waals surface area contributed by atoms with Gasteiger partial charge in [-0.25, -0.2) is 9.97 Å². The van der Waals surface area contributed by atoms with E-state index in [0.717, 1.165) is 5.56 Å². The van der Waals surface area contributed by atoms with Crippen LogP contribution < -0.4 is 20.3 Å². The molecule has 1 unspecified atom stereocenters. The molecule has 0 bridgehead atoms. The lowest BCUT2D eigenvalue weighted by molar-refractivity contribution is -0.119. The number of pyridine rings is 1. The molecule has 0 radical (unpaired) electrons. The van der Waals surface area contributed by atoms with E-state index in [2.05, 4.69) is 15.3 Å². The van der Waals surface area contributed by atoms with Gasteiger partial charge in [0, 0.05) is 12.7 Å². The SMILES string of the molecule is CC(C)Cn1c(SCC(=O)NC(C)c2ccc3c(c2)OCO3)nc2ncccc2c1=O. The Balaban J connectivity index is 1.48. The molecule has 8 nitrogen and oxygen atoms in total. The third-order valence-corrected chi connectivity index (χ3v) is 5.83. The van der Waals surface area contributed by atoms with E-state index in [1.165, 1.54) is 11.8 Å². The van der Waals surface area contributed by atoms with Crippen LogP contribution in [0.4, 0.5) is 0 Å². The summed E-state index contributed by atoms with van der Waals surface area (Å²) in [5.41, 5.74) is 1.18. The normalized spacial score (nSPS) is 13.5. The summed E-state index contributed by atoms with van der Waals surface area (Å²) >= 11 is 1.24. The van der Waals surface area contributed by atoms with Crippen LogP contribution in [0.15, 0.2) is 46.5 Å². The van der Waals surface area contributed by atoms with Crippen molar-refractivity contribution in [2.24, 2.45) is 5.92 Å². The molecule has 4 rings (SSSR count). The molecule has 0 fully saturated rings. The largest absolute Gasteiger partial charge is 0.454 e. The van der Waals surface area contributed by atoms with E-state index < -0.39 is 0 Å². The van der Waals surface area contributed by atoms with Crippen molar-refractivity contribution in [3.05, 3.63) is 52.4 Å². The second kappa shape index (κ2) is 8.97. The van der Waals surface area contributed by atoms with Gasteiger partial charge in [0.05, 0.1) is 17.2 Å². The molecule has 0 saturated heterocycles. The van der Waals surface area contributed by atoms with Crippen molar-refractivity contribution in [3.63, 3.8) is 0 Å². The molecule has 1 N–H and O–H groups in total. The van der Waals surface area contributed by atoms with Gasteiger partial charge < -0.3 is 14.8 Å². The van der Waals surface area contributed by atoms with E-state index in [9.17, 15) is 9.59 Å². The van der Waals surface area contributed by atoms with E-state index in [4.69, 9.17) is 9.47 Å². The van der Waals surface area contributed by atoms with Crippen LogP contribution in [0.2, 0.25) is 0 Å². The van der Waals surface area contributed by atoms with Crippen LogP contribution in [0, 0.1) is 5.92 Å². The summed E-state index contributed by atoms with van der Waals surface area (Å²) in [4.78, 5) is 34.3. The molecular weight excluding hydrogens is 416 g/mol. The zero-order valence-corrected chi connectivity index (χ0v) is 18.4. The molecular formula is C22H24N4O4S. The van der Waals surface area contributed by atoms with E-state index in [1.54, 1.807) is 22.9 Å². The fraction of sp³-hybridized carbons (Fsp3) is 0.364. The van der Waals surface area contributed by atoms with Crippen LogP contribution in [0.25, 0.3) is 11.0 Å². The summed E-state index contributed by atoms with van der Waals surface area (Å²) in [5, 5.41) is 3.96. The van der Waals surface area contributed by atoms with E-state index >= 15 is 0 Å². The maximum absolute atomic E-state index is 12.9. The van der Waals surface area contributed by atoms with Gasteiger partial charge in [-0.2, -0.15) is 0 Å². The van der Waals surface area contributed by atoms with Crippen LogP contribution in [-0.4, -0.2) is 33.0 Å². The van der Waals surface area contributed by atoms with Crippen molar-refractivity contribution in [1.29, 1.82) is 0 Å². The number of nitrogens with one attached hydrogen (secondary N) is 1. The molecule has 162 valence electrons. The molecule has 3 heterocycles. The first-order valence-corrected chi connectivity index (χ1v) is 11.1. The van der Waals surface area contributed by atoms with Crippen molar-refractivity contribution in [3.8, 4) is 11.5 Å². The Hall–Kier alpha value is -3.07. The highest BCUT2D eigenvalue weighted by Gasteiger charge is 2.18. The van der Waals surface area contributed by atoms with Crippen molar-refractivity contribution < 1.29 is 14.3 Å². The van der Waals surface area contributed by atoms with Crippen LogP contribution in [0.5, 0.6) is 11.5 Å². The number of aromatic nitrogens is 3. The zero-order valence-electron chi connectivity index (χ0n) is 17.6.